The maximum absolute atomic E-state index is 3.92. The second-order valence-electron chi connectivity index (χ2n) is 5.05. The number of benzene rings is 1. The van der Waals surface area contributed by atoms with Gasteiger partial charge in [-0.25, -0.2) is 0 Å². The molecule has 1 aliphatic rings. The largest absolute Gasteiger partial charge is 0.317 e. The first kappa shape index (κ1) is 14.7. The molecular formula is C15H25N3. The highest BCUT2D eigenvalue weighted by Gasteiger charge is 2.23. The van der Waals surface area contributed by atoms with Crippen LogP contribution in [0.15, 0.2) is 35.4 Å². The Hall–Kier alpha value is -1.35. The van der Waals surface area contributed by atoms with Crippen molar-refractivity contribution < 1.29 is 0 Å². The number of hydrogen-bond donors (Lipinski definition) is 1. The van der Waals surface area contributed by atoms with E-state index in [9.17, 15) is 0 Å². The molecule has 100 valence electrons. The minimum atomic E-state index is -0.0942. The third kappa shape index (κ3) is 4.15. The van der Waals surface area contributed by atoms with E-state index < -0.39 is 0 Å². The zero-order valence-electron chi connectivity index (χ0n) is 11.8. The molecule has 0 bridgehead atoms. The van der Waals surface area contributed by atoms with Crippen molar-refractivity contribution in [1.82, 2.24) is 10.3 Å². The summed E-state index contributed by atoms with van der Waals surface area (Å²) in [6, 6.07) is 10.3. The van der Waals surface area contributed by atoms with E-state index >= 15 is 0 Å². The normalized spacial score (nSPS) is 14.6. The first-order valence-corrected chi connectivity index (χ1v) is 6.55. The fourth-order valence-corrected chi connectivity index (χ4v) is 1.83. The van der Waals surface area contributed by atoms with Crippen molar-refractivity contribution in [3.05, 3.63) is 35.9 Å². The third-order valence-corrected chi connectivity index (χ3v) is 3.46. The molecule has 1 saturated heterocycles. The average Bonchev–Trinajstić information content (AvgIpc) is 2.98. The van der Waals surface area contributed by atoms with Crippen LogP contribution in [0.5, 0.6) is 0 Å². The summed E-state index contributed by atoms with van der Waals surface area (Å²) in [6.07, 6.45) is 2.78. The van der Waals surface area contributed by atoms with Crippen LogP contribution in [0.2, 0.25) is 0 Å². The summed E-state index contributed by atoms with van der Waals surface area (Å²) in [7, 11) is 1.93. The maximum atomic E-state index is 3.92. The van der Waals surface area contributed by atoms with Gasteiger partial charge in [-0.15, -0.1) is 0 Å². The number of nitrogens with zero attached hydrogens (tertiary/aromatic N) is 2. The number of hydrogen-bond acceptors (Lipinski definition) is 3. The van der Waals surface area contributed by atoms with Gasteiger partial charge in [0.1, 0.15) is 0 Å². The quantitative estimate of drug-likeness (QED) is 0.657. The Morgan fingerprint density at radius 1 is 1.17 bits per heavy atom. The third-order valence-electron chi connectivity index (χ3n) is 3.46. The second-order valence-corrected chi connectivity index (χ2v) is 5.05. The van der Waals surface area contributed by atoms with E-state index in [1.165, 1.54) is 31.5 Å². The Labute approximate surface area is 111 Å². The molecule has 1 N–H and O–H groups in total. The summed E-state index contributed by atoms with van der Waals surface area (Å²) in [5.41, 5.74) is 1.15. The minimum Gasteiger partial charge on any atom is -0.317 e. The Morgan fingerprint density at radius 2 is 1.72 bits per heavy atom. The summed E-state index contributed by atoms with van der Waals surface area (Å²) < 4.78 is 0. The molecule has 1 fully saturated rings. The van der Waals surface area contributed by atoms with Gasteiger partial charge in [-0.1, -0.05) is 30.3 Å². The van der Waals surface area contributed by atoms with Gasteiger partial charge in [0.25, 0.3) is 0 Å². The lowest BCUT2D eigenvalue weighted by molar-refractivity contribution is 0.165. The summed E-state index contributed by atoms with van der Waals surface area (Å²) >= 11 is 0. The summed E-state index contributed by atoms with van der Waals surface area (Å²) in [4.78, 5) is 0. The molecule has 0 aliphatic carbocycles. The Balaban J connectivity index is 0.000000269. The van der Waals surface area contributed by atoms with E-state index in [-0.39, 0.29) is 5.54 Å². The van der Waals surface area contributed by atoms with Gasteiger partial charge in [0.15, 0.2) is 0 Å². The zero-order valence-corrected chi connectivity index (χ0v) is 11.8. The standard InChI is InChI=1S/C11H16N2.C4H9N/c1-11(2,13(4)12-3)10-8-6-5-7-9-10;1-2-4-5-3-1/h5-9H,3H2,1-2,4H3;5H,1-4H2. The lowest BCUT2D eigenvalue weighted by Crippen LogP contribution is -2.34. The van der Waals surface area contributed by atoms with Gasteiger partial charge >= 0.3 is 0 Å². The van der Waals surface area contributed by atoms with Crippen molar-refractivity contribution in [2.45, 2.75) is 32.2 Å². The van der Waals surface area contributed by atoms with Crippen LogP contribution in [0, 0.1) is 0 Å². The summed E-state index contributed by atoms with van der Waals surface area (Å²) in [6.45, 7) is 10.3. The van der Waals surface area contributed by atoms with E-state index in [4.69, 9.17) is 0 Å². The van der Waals surface area contributed by atoms with Crippen molar-refractivity contribution in [3.63, 3.8) is 0 Å². The van der Waals surface area contributed by atoms with Crippen molar-refractivity contribution >= 4 is 6.72 Å². The molecule has 0 aromatic heterocycles. The SMILES string of the molecule is C1CCNC1.C=NN(C)C(C)(C)c1ccccc1. The van der Waals surface area contributed by atoms with E-state index in [1.807, 2.05) is 30.3 Å². The van der Waals surface area contributed by atoms with Crippen LogP contribution in [0.25, 0.3) is 0 Å². The van der Waals surface area contributed by atoms with Crippen LogP contribution in [0.3, 0.4) is 0 Å². The van der Waals surface area contributed by atoms with Crippen molar-refractivity contribution in [3.8, 4) is 0 Å². The average molecular weight is 247 g/mol. The Morgan fingerprint density at radius 3 is 2.11 bits per heavy atom. The molecule has 0 saturated carbocycles. The highest BCUT2D eigenvalue weighted by molar-refractivity contribution is 5.25. The summed E-state index contributed by atoms with van der Waals surface area (Å²) in [5.74, 6) is 0. The Kier molecular flexibility index (Phi) is 5.86. The lowest BCUT2D eigenvalue weighted by atomic mass is 9.94. The maximum Gasteiger partial charge on any atom is 0.0767 e. The topological polar surface area (TPSA) is 27.6 Å². The predicted molar refractivity (Wildman–Crippen MR) is 78.9 cm³/mol. The van der Waals surface area contributed by atoms with Crippen molar-refractivity contribution in [1.29, 1.82) is 0 Å². The highest BCUT2D eigenvalue weighted by atomic mass is 15.5. The second kappa shape index (κ2) is 7.17. The number of rotatable bonds is 3. The molecule has 1 aliphatic heterocycles. The van der Waals surface area contributed by atoms with Crippen LogP contribution in [-0.4, -0.2) is 31.9 Å². The zero-order chi connectivity index (χ0) is 13.4. The van der Waals surface area contributed by atoms with Gasteiger partial charge in [0.2, 0.25) is 0 Å². The van der Waals surface area contributed by atoms with Gasteiger partial charge < -0.3 is 5.32 Å². The highest BCUT2D eigenvalue weighted by Crippen LogP contribution is 2.25. The molecule has 0 atom stereocenters. The molecule has 3 heteroatoms. The minimum absolute atomic E-state index is 0.0942. The smallest absolute Gasteiger partial charge is 0.0767 e. The molecule has 2 rings (SSSR count). The first-order valence-electron chi connectivity index (χ1n) is 6.55. The first-order chi connectivity index (χ1) is 8.59. The van der Waals surface area contributed by atoms with E-state index in [1.54, 1.807) is 0 Å². The van der Waals surface area contributed by atoms with E-state index in [2.05, 4.69) is 43.1 Å². The van der Waals surface area contributed by atoms with Gasteiger partial charge in [-0.3, -0.25) is 5.01 Å². The van der Waals surface area contributed by atoms with Crippen molar-refractivity contribution in [2.24, 2.45) is 5.10 Å². The fourth-order valence-electron chi connectivity index (χ4n) is 1.83. The van der Waals surface area contributed by atoms with Crippen LogP contribution < -0.4 is 5.32 Å². The number of hydrazone groups is 1. The molecule has 0 unspecified atom stereocenters. The molecule has 1 aromatic carbocycles. The van der Waals surface area contributed by atoms with Crippen LogP contribution in [0.4, 0.5) is 0 Å². The molecule has 0 radical (unpaired) electrons. The van der Waals surface area contributed by atoms with Gasteiger partial charge in [-0.05, 0) is 45.3 Å². The fraction of sp³-hybridized carbons (Fsp3) is 0.533. The van der Waals surface area contributed by atoms with Crippen molar-refractivity contribution in [2.75, 3.05) is 20.1 Å². The number of nitrogens with one attached hydrogen (secondary N) is 1. The molecule has 0 spiro atoms. The molecular weight excluding hydrogens is 222 g/mol. The molecule has 0 amide bonds. The Bertz CT molecular complexity index is 334. The monoisotopic (exact) mass is 247 g/mol. The molecule has 1 heterocycles. The summed E-state index contributed by atoms with van der Waals surface area (Å²) in [5, 5.41) is 9.01. The molecule has 18 heavy (non-hydrogen) atoms. The van der Waals surface area contributed by atoms with E-state index in [0.717, 1.165) is 0 Å². The van der Waals surface area contributed by atoms with Gasteiger partial charge in [0, 0.05) is 13.8 Å². The van der Waals surface area contributed by atoms with E-state index in [0.29, 0.717) is 0 Å². The molecule has 3 nitrogen and oxygen atoms in total. The van der Waals surface area contributed by atoms with Crippen LogP contribution in [0.1, 0.15) is 32.3 Å². The van der Waals surface area contributed by atoms with Crippen LogP contribution >= 0.6 is 0 Å². The predicted octanol–water partition coefficient (Wildman–Crippen LogP) is 2.84. The van der Waals surface area contributed by atoms with Crippen LogP contribution in [-0.2, 0) is 5.54 Å². The van der Waals surface area contributed by atoms with Gasteiger partial charge in [-0.2, -0.15) is 5.10 Å². The lowest BCUT2D eigenvalue weighted by Gasteiger charge is -2.33. The molecule has 1 aromatic rings. The van der Waals surface area contributed by atoms with Gasteiger partial charge in [0.05, 0.1) is 5.54 Å².